The molecule has 0 aliphatic rings. The quantitative estimate of drug-likeness (QED) is 0.531. The highest BCUT2D eigenvalue weighted by molar-refractivity contribution is 5.47. The summed E-state index contributed by atoms with van der Waals surface area (Å²) >= 11 is 0. The highest BCUT2D eigenvalue weighted by Gasteiger charge is 2.04. The predicted molar refractivity (Wildman–Crippen MR) is 80.5 cm³/mol. The standard InChI is InChI=1S/C13H15FO2.C3H8/c1-9(6-7-10(2)15)12(4)13(14)8-11(3)16-5;1-3-2/h6-8,15H,1-4H2,5H3;3H2,1-2H3/b7-6-,13-8+;. The minimum Gasteiger partial charge on any atom is -0.509 e. The van der Waals surface area contributed by atoms with E-state index in [4.69, 9.17) is 9.84 Å². The van der Waals surface area contributed by atoms with Crippen LogP contribution in [0.2, 0.25) is 0 Å². The summed E-state index contributed by atoms with van der Waals surface area (Å²) in [6.45, 7) is 18.1. The molecule has 0 radical (unpaired) electrons. The molecule has 0 saturated heterocycles. The van der Waals surface area contributed by atoms with E-state index >= 15 is 0 Å². The average Bonchev–Trinajstić information content (AvgIpc) is 2.35. The van der Waals surface area contributed by atoms with E-state index in [1.54, 1.807) is 0 Å². The van der Waals surface area contributed by atoms with E-state index in [0.717, 1.165) is 6.08 Å². The van der Waals surface area contributed by atoms with Gasteiger partial charge in [-0.1, -0.05) is 52.7 Å². The predicted octanol–water partition coefficient (Wildman–Crippen LogP) is 5.16. The molecule has 0 heterocycles. The van der Waals surface area contributed by atoms with Gasteiger partial charge in [0.2, 0.25) is 0 Å². The molecule has 0 rings (SSSR count). The first-order valence-electron chi connectivity index (χ1n) is 5.84. The van der Waals surface area contributed by atoms with Crippen molar-refractivity contribution < 1.29 is 14.2 Å². The molecular weight excluding hydrogens is 243 g/mol. The van der Waals surface area contributed by atoms with Crippen LogP contribution in [0.3, 0.4) is 0 Å². The Hall–Kier alpha value is -2.03. The maximum absolute atomic E-state index is 13.4. The largest absolute Gasteiger partial charge is 0.509 e. The van der Waals surface area contributed by atoms with E-state index in [9.17, 15) is 4.39 Å². The molecule has 0 aromatic carbocycles. The Morgan fingerprint density at radius 3 is 2.00 bits per heavy atom. The van der Waals surface area contributed by atoms with Gasteiger partial charge in [0.1, 0.15) is 17.3 Å². The van der Waals surface area contributed by atoms with Gasteiger partial charge in [0.05, 0.1) is 7.11 Å². The molecular formula is C16H23FO2. The van der Waals surface area contributed by atoms with Gasteiger partial charge in [0.15, 0.2) is 0 Å². The van der Waals surface area contributed by atoms with Crippen molar-refractivity contribution in [3.8, 4) is 0 Å². The van der Waals surface area contributed by atoms with E-state index in [-0.39, 0.29) is 17.1 Å². The van der Waals surface area contributed by atoms with Crippen molar-refractivity contribution in [2.75, 3.05) is 7.11 Å². The number of aliphatic hydroxyl groups excluding tert-OH is 1. The molecule has 0 fully saturated rings. The molecule has 0 saturated carbocycles. The lowest BCUT2D eigenvalue weighted by Gasteiger charge is -2.03. The number of halogens is 1. The molecule has 2 nitrogen and oxygen atoms in total. The molecule has 0 atom stereocenters. The van der Waals surface area contributed by atoms with Gasteiger partial charge in [0, 0.05) is 11.6 Å². The highest BCUT2D eigenvalue weighted by atomic mass is 19.1. The monoisotopic (exact) mass is 266 g/mol. The van der Waals surface area contributed by atoms with Gasteiger partial charge >= 0.3 is 0 Å². The second kappa shape index (κ2) is 11.1. The molecule has 0 aliphatic heterocycles. The molecule has 0 bridgehead atoms. The fourth-order valence-corrected chi connectivity index (χ4v) is 0.738. The molecule has 19 heavy (non-hydrogen) atoms. The van der Waals surface area contributed by atoms with Crippen molar-refractivity contribution in [2.45, 2.75) is 20.3 Å². The summed E-state index contributed by atoms with van der Waals surface area (Å²) in [5.74, 6) is -0.549. The number of hydrogen-bond acceptors (Lipinski definition) is 2. The van der Waals surface area contributed by atoms with Crippen LogP contribution >= 0.6 is 0 Å². The van der Waals surface area contributed by atoms with Gasteiger partial charge in [0.25, 0.3) is 0 Å². The number of methoxy groups -OCH3 is 1. The zero-order chi connectivity index (χ0) is 15.4. The van der Waals surface area contributed by atoms with Gasteiger partial charge < -0.3 is 9.84 Å². The van der Waals surface area contributed by atoms with Gasteiger partial charge in [-0.15, -0.1) is 0 Å². The van der Waals surface area contributed by atoms with E-state index in [2.05, 4.69) is 40.2 Å². The lowest BCUT2D eigenvalue weighted by molar-refractivity contribution is 0.307. The summed E-state index contributed by atoms with van der Waals surface area (Å²) in [7, 11) is 1.39. The Morgan fingerprint density at radius 1 is 1.16 bits per heavy atom. The zero-order valence-electron chi connectivity index (χ0n) is 12.0. The van der Waals surface area contributed by atoms with Gasteiger partial charge in [-0.25, -0.2) is 4.39 Å². The fraction of sp³-hybridized carbons (Fsp3) is 0.250. The second-order valence-electron chi connectivity index (χ2n) is 3.70. The summed E-state index contributed by atoms with van der Waals surface area (Å²) in [4.78, 5) is 0. The van der Waals surface area contributed by atoms with Gasteiger partial charge in [-0.2, -0.15) is 0 Å². The molecule has 0 aromatic heterocycles. The third-order valence-corrected chi connectivity index (χ3v) is 1.70. The number of aliphatic hydroxyl groups is 1. The number of allylic oxidation sites excluding steroid dienone is 6. The lowest BCUT2D eigenvalue weighted by Crippen LogP contribution is -1.87. The molecule has 0 amide bonds. The summed E-state index contributed by atoms with van der Waals surface area (Å²) < 4.78 is 18.1. The molecule has 3 heteroatoms. The van der Waals surface area contributed by atoms with Crippen LogP contribution in [0.15, 0.2) is 73.0 Å². The first-order chi connectivity index (χ1) is 8.79. The van der Waals surface area contributed by atoms with Crippen LogP contribution in [0, 0.1) is 0 Å². The Bertz CT molecular complexity index is 401. The molecule has 0 aromatic rings. The van der Waals surface area contributed by atoms with Crippen LogP contribution in [0.25, 0.3) is 0 Å². The third-order valence-electron chi connectivity index (χ3n) is 1.70. The van der Waals surface area contributed by atoms with Crippen molar-refractivity contribution in [3.05, 3.63) is 73.0 Å². The highest BCUT2D eigenvalue weighted by Crippen LogP contribution is 2.20. The molecule has 1 N–H and O–H groups in total. The van der Waals surface area contributed by atoms with Crippen molar-refractivity contribution in [1.29, 1.82) is 0 Å². The van der Waals surface area contributed by atoms with Gasteiger partial charge in [-0.3, -0.25) is 0 Å². The van der Waals surface area contributed by atoms with Crippen molar-refractivity contribution in [1.82, 2.24) is 0 Å². The second-order valence-corrected chi connectivity index (χ2v) is 3.70. The lowest BCUT2D eigenvalue weighted by atomic mass is 10.1. The molecule has 0 aliphatic carbocycles. The minimum atomic E-state index is -0.593. The Labute approximate surface area is 115 Å². The van der Waals surface area contributed by atoms with Crippen LogP contribution < -0.4 is 0 Å². The summed E-state index contributed by atoms with van der Waals surface area (Å²) in [5, 5.41) is 8.81. The Kier molecular flexibility index (Phi) is 11.3. The van der Waals surface area contributed by atoms with E-state index < -0.39 is 5.83 Å². The smallest absolute Gasteiger partial charge is 0.134 e. The van der Waals surface area contributed by atoms with E-state index in [1.807, 2.05) is 0 Å². The molecule has 0 unspecified atom stereocenters. The minimum absolute atomic E-state index is 0.0932. The van der Waals surface area contributed by atoms with Crippen LogP contribution in [-0.2, 0) is 4.74 Å². The summed E-state index contributed by atoms with van der Waals surface area (Å²) in [6, 6.07) is 0. The van der Waals surface area contributed by atoms with E-state index in [1.165, 1.54) is 25.7 Å². The maximum atomic E-state index is 13.4. The SMILES string of the molecule is C=C(O)/C=C\C(=C)C(=C)/C(F)=C\C(=C)OC.CCC. The zero-order valence-corrected chi connectivity index (χ0v) is 12.0. The fourth-order valence-electron chi connectivity index (χ4n) is 0.738. The summed E-state index contributed by atoms with van der Waals surface area (Å²) in [6.07, 6.45) is 5.06. The van der Waals surface area contributed by atoms with E-state index in [0.29, 0.717) is 5.57 Å². The summed E-state index contributed by atoms with van der Waals surface area (Å²) in [5.41, 5.74) is 0.420. The average molecular weight is 266 g/mol. The number of hydrogen-bond donors (Lipinski definition) is 1. The Balaban J connectivity index is 0. The topological polar surface area (TPSA) is 29.5 Å². The normalized spacial score (nSPS) is 10.4. The van der Waals surface area contributed by atoms with Crippen molar-refractivity contribution in [3.63, 3.8) is 0 Å². The van der Waals surface area contributed by atoms with Crippen LogP contribution in [0.4, 0.5) is 4.39 Å². The third kappa shape index (κ3) is 10.8. The number of rotatable bonds is 6. The first kappa shape index (κ1) is 19.3. The van der Waals surface area contributed by atoms with Crippen LogP contribution in [-0.4, -0.2) is 12.2 Å². The molecule has 0 spiro atoms. The van der Waals surface area contributed by atoms with Crippen LogP contribution in [0.1, 0.15) is 20.3 Å². The van der Waals surface area contributed by atoms with Crippen LogP contribution in [0.5, 0.6) is 0 Å². The van der Waals surface area contributed by atoms with Crippen molar-refractivity contribution in [2.24, 2.45) is 0 Å². The maximum Gasteiger partial charge on any atom is 0.134 e. The Morgan fingerprint density at radius 2 is 1.63 bits per heavy atom. The van der Waals surface area contributed by atoms with Gasteiger partial charge in [-0.05, 0) is 11.6 Å². The number of ether oxygens (including phenoxy) is 1. The first-order valence-corrected chi connectivity index (χ1v) is 5.84. The van der Waals surface area contributed by atoms with Crippen molar-refractivity contribution >= 4 is 0 Å². The molecule has 106 valence electrons.